The molecular formula is C21H18F4. The maximum Gasteiger partial charge on any atom is 0.339 e. The number of rotatable bonds is 4. The van der Waals surface area contributed by atoms with E-state index in [2.05, 4.69) is 6.92 Å². The molecule has 0 nitrogen and oxygen atoms in total. The zero-order valence-corrected chi connectivity index (χ0v) is 13.8. The second-order valence-electron chi connectivity index (χ2n) is 6.16. The van der Waals surface area contributed by atoms with Gasteiger partial charge in [-0.15, -0.1) is 0 Å². The van der Waals surface area contributed by atoms with Crippen LogP contribution in [0, 0.1) is 0 Å². The summed E-state index contributed by atoms with van der Waals surface area (Å²) in [6.45, 7) is 2.11. The molecule has 0 saturated heterocycles. The monoisotopic (exact) mass is 346 g/mol. The number of hydrogen-bond donors (Lipinski definition) is 0. The summed E-state index contributed by atoms with van der Waals surface area (Å²) in [4.78, 5) is 0. The van der Waals surface area contributed by atoms with Crippen molar-refractivity contribution in [1.29, 1.82) is 0 Å². The van der Waals surface area contributed by atoms with Crippen molar-refractivity contribution in [1.82, 2.24) is 0 Å². The quantitative estimate of drug-likeness (QED) is 0.552. The maximum atomic E-state index is 14.0. The smallest absolute Gasteiger partial charge is 0.195 e. The zero-order valence-electron chi connectivity index (χ0n) is 13.8. The number of allylic oxidation sites excluding steroid dienone is 4. The third-order valence-electron chi connectivity index (χ3n) is 4.35. The lowest BCUT2D eigenvalue weighted by Gasteiger charge is -2.29. The van der Waals surface area contributed by atoms with E-state index in [0.29, 0.717) is 0 Å². The molecule has 0 N–H and O–H groups in total. The molecule has 1 aliphatic carbocycles. The molecular weight excluding hydrogens is 328 g/mol. The average molecular weight is 346 g/mol. The Kier molecular flexibility index (Phi) is 4.55. The third kappa shape index (κ3) is 3.26. The summed E-state index contributed by atoms with van der Waals surface area (Å²) >= 11 is 0. The van der Waals surface area contributed by atoms with E-state index >= 15 is 0 Å². The molecule has 1 aliphatic rings. The molecule has 0 aliphatic heterocycles. The minimum absolute atomic E-state index is 0.0976. The summed E-state index contributed by atoms with van der Waals surface area (Å²) in [5.41, 5.74) is 2.49. The van der Waals surface area contributed by atoms with Gasteiger partial charge in [-0.1, -0.05) is 74.0 Å². The Hall–Kier alpha value is -2.36. The second-order valence-corrected chi connectivity index (χ2v) is 6.16. The van der Waals surface area contributed by atoms with Crippen LogP contribution in [0.2, 0.25) is 0 Å². The standard InChI is InChI=1S/C21H18F4/c1-2-4-15-6-8-16(9-7-15)17-10-12-18(13-11-17)19-5-3-14-20(22,23)21(19,24)25/h3,5-14H,2,4H2,1H3. The van der Waals surface area contributed by atoms with E-state index in [-0.39, 0.29) is 11.6 Å². The van der Waals surface area contributed by atoms with Crippen molar-refractivity contribution < 1.29 is 17.6 Å². The van der Waals surface area contributed by atoms with Crippen molar-refractivity contribution in [2.45, 2.75) is 31.6 Å². The molecule has 0 atom stereocenters. The van der Waals surface area contributed by atoms with Gasteiger partial charge < -0.3 is 0 Å². The first kappa shape index (κ1) is 17.5. The van der Waals surface area contributed by atoms with Crippen LogP contribution in [0.25, 0.3) is 16.7 Å². The fraction of sp³-hybridized carbons (Fsp3) is 0.238. The molecule has 3 rings (SSSR count). The Morgan fingerprint density at radius 3 is 1.84 bits per heavy atom. The Morgan fingerprint density at radius 1 is 0.760 bits per heavy atom. The maximum absolute atomic E-state index is 14.0. The molecule has 0 saturated carbocycles. The lowest BCUT2D eigenvalue weighted by molar-refractivity contribution is -0.140. The largest absolute Gasteiger partial charge is 0.339 e. The van der Waals surface area contributed by atoms with E-state index in [1.165, 1.54) is 17.7 Å². The lowest BCUT2D eigenvalue weighted by atomic mass is 9.90. The van der Waals surface area contributed by atoms with Gasteiger partial charge in [0.2, 0.25) is 0 Å². The summed E-state index contributed by atoms with van der Waals surface area (Å²) < 4.78 is 55.0. The number of aryl methyl sites for hydroxylation is 1. The van der Waals surface area contributed by atoms with Crippen LogP contribution in [0.3, 0.4) is 0 Å². The number of alkyl halides is 4. The molecule has 0 aromatic heterocycles. The topological polar surface area (TPSA) is 0 Å². The highest BCUT2D eigenvalue weighted by Gasteiger charge is 2.58. The second kappa shape index (κ2) is 6.51. The highest BCUT2D eigenvalue weighted by Crippen LogP contribution is 2.47. The summed E-state index contributed by atoms with van der Waals surface area (Å²) in [6.07, 6.45) is 4.34. The van der Waals surface area contributed by atoms with E-state index in [4.69, 9.17) is 0 Å². The minimum atomic E-state index is -4.22. The molecule has 0 radical (unpaired) electrons. The molecule has 0 heterocycles. The van der Waals surface area contributed by atoms with Crippen molar-refractivity contribution in [3.8, 4) is 11.1 Å². The SMILES string of the molecule is CCCc1ccc(-c2ccc(C3=CC=CC(F)(F)C3(F)F)cc2)cc1. The first-order valence-corrected chi connectivity index (χ1v) is 8.20. The van der Waals surface area contributed by atoms with Gasteiger partial charge in [-0.2, -0.15) is 17.6 Å². The minimum Gasteiger partial charge on any atom is -0.195 e. The summed E-state index contributed by atoms with van der Waals surface area (Å²) in [7, 11) is 0. The van der Waals surface area contributed by atoms with Crippen LogP contribution in [0.15, 0.2) is 66.8 Å². The summed E-state index contributed by atoms with van der Waals surface area (Å²) in [5.74, 6) is -8.39. The van der Waals surface area contributed by atoms with Crippen molar-refractivity contribution in [2.75, 3.05) is 0 Å². The zero-order chi connectivity index (χ0) is 18.1. The van der Waals surface area contributed by atoms with E-state index in [0.717, 1.165) is 36.1 Å². The average Bonchev–Trinajstić information content (AvgIpc) is 2.59. The van der Waals surface area contributed by atoms with Crippen molar-refractivity contribution in [2.24, 2.45) is 0 Å². The van der Waals surface area contributed by atoms with E-state index < -0.39 is 17.4 Å². The lowest BCUT2D eigenvalue weighted by Crippen LogP contribution is -2.41. The molecule has 0 amide bonds. The fourth-order valence-electron chi connectivity index (χ4n) is 2.93. The van der Waals surface area contributed by atoms with Gasteiger partial charge in [0.05, 0.1) is 0 Å². The molecule has 2 aromatic carbocycles. The van der Waals surface area contributed by atoms with Crippen LogP contribution < -0.4 is 0 Å². The fourth-order valence-corrected chi connectivity index (χ4v) is 2.93. The summed E-state index contributed by atoms with van der Waals surface area (Å²) in [5, 5.41) is 0. The number of halogens is 4. The van der Waals surface area contributed by atoms with Gasteiger partial charge in [0.25, 0.3) is 0 Å². The van der Waals surface area contributed by atoms with Crippen molar-refractivity contribution in [3.63, 3.8) is 0 Å². The molecule has 130 valence electrons. The molecule has 0 spiro atoms. The van der Waals surface area contributed by atoms with Crippen LogP contribution in [0.5, 0.6) is 0 Å². The van der Waals surface area contributed by atoms with Gasteiger partial charge in [0, 0.05) is 5.57 Å². The van der Waals surface area contributed by atoms with Crippen molar-refractivity contribution >= 4 is 5.57 Å². The van der Waals surface area contributed by atoms with Crippen LogP contribution >= 0.6 is 0 Å². The molecule has 25 heavy (non-hydrogen) atoms. The molecule has 0 fully saturated rings. The highest BCUT2D eigenvalue weighted by molar-refractivity contribution is 5.77. The van der Waals surface area contributed by atoms with Crippen LogP contribution in [0.4, 0.5) is 17.6 Å². The Balaban J connectivity index is 1.88. The van der Waals surface area contributed by atoms with E-state index in [9.17, 15) is 17.6 Å². The Bertz CT molecular complexity index is 797. The number of benzene rings is 2. The van der Waals surface area contributed by atoms with Crippen LogP contribution in [-0.2, 0) is 6.42 Å². The third-order valence-corrected chi connectivity index (χ3v) is 4.35. The molecule has 0 bridgehead atoms. The first-order valence-electron chi connectivity index (χ1n) is 8.20. The first-order chi connectivity index (χ1) is 11.8. The predicted octanol–water partition coefficient (Wildman–Crippen LogP) is 6.53. The Labute approximate surface area is 144 Å². The van der Waals surface area contributed by atoms with Gasteiger partial charge in [-0.05, 0) is 34.8 Å². The van der Waals surface area contributed by atoms with E-state index in [1.54, 1.807) is 12.1 Å². The van der Waals surface area contributed by atoms with Crippen LogP contribution in [0.1, 0.15) is 24.5 Å². The number of hydrogen-bond acceptors (Lipinski definition) is 0. The Morgan fingerprint density at radius 2 is 1.28 bits per heavy atom. The van der Waals surface area contributed by atoms with Gasteiger partial charge in [-0.25, -0.2) is 0 Å². The van der Waals surface area contributed by atoms with Gasteiger partial charge >= 0.3 is 11.8 Å². The van der Waals surface area contributed by atoms with Gasteiger partial charge in [0.1, 0.15) is 0 Å². The van der Waals surface area contributed by atoms with Gasteiger partial charge in [-0.3, -0.25) is 0 Å². The molecule has 4 heteroatoms. The van der Waals surface area contributed by atoms with Crippen LogP contribution in [-0.4, -0.2) is 11.8 Å². The predicted molar refractivity (Wildman–Crippen MR) is 92.9 cm³/mol. The van der Waals surface area contributed by atoms with E-state index in [1.807, 2.05) is 24.3 Å². The molecule has 0 unspecified atom stereocenters. The summed E-state index contributed by atoms with van der Waals surface area (Å²) in [6, 6.07) is 14.3. The molecule has 2 aromatic rings. The van der Waals surface area contributed by atoms with Crippen molar-refractivity contribution in [3.05, 3.63) is 77.9 Å². The highest BCUT2D eigenvalue weighted by atomic mass is 19.3. The normalized spacial score (nSPS) is 18.0. The van der Waals surface area contributed by atoms with Gasteiger partial charge in [0.15, 0.2) is 0 Å².